The van der Waals surface area contributed by atoms with E-state index in [2.05, 4.69) is 0 Å². The van der Waals surface area contributed by atoms with Crippen molar-refractivity contribution in [3.05, 3.63) is 103 Å². The minimum atomic E-state index is 0.157. The van der Waals surface area contributed by atoms with E-state index in [-0.39, 0.29) is 21.5 Å². The lowest BCUT2D eigenvalue weighted by Gasteiger charge is -2.14. The van der Waals surface area contributed by atoms with Crippen molar-refractivity contribution in [2.24, 2.45) is 0 Å². The molecule has 0 amide bonds. The predicted molar refractivity (Wildman–Crippen MR) is 137 cm³/mol. The van der Waals surface area contributed by atoms with Gasteiger partial charge in [0.05, 0.1) is 10.0 Å². The van der Waals surface area contributed by atoms with Crippen molar-refractivity contribution in [3.63, 3.8) is 0 Å². The van der Waals surface area contributed by atoms with E-state index < -0.39 is 0 Å². The zero-order valence-electron chi connectivity index (χ0n) is 16.8. The summed E-state index contributed by atoms with van der Waals surface area (Å²) in [5.74, 6) is 1.72. The molecule has 0 aliphatic carbocycles. The van der Waals surface area contributed by atoms with E-state index in [1.54, 1.807) is 72.8 Å². The predicted octanol–water partition coefficient (Wildman–Crippen LogP) is 10.6. The Bertz CT molecular complexity index is 1240. The van der Waals surface area contributed by atoms with Crippen LogP contribution >= 0.6 is 69.6 Å². The van der Waals surface area contributed by atoms with Crippen LogP contribution in [-0.4, -0.2) is 0 Å². The molecule has 0 aliphatic heterocycles. The molecule has 0 N–H and O–H groups in total. The van der Waals surface area contributed by atoms with Gasteiger partial charge in [-0.25, -0.2) is 0 Å². The van der Waals surface area contributed by atoms with Crippen molar-refractivity contribution >= 4 is 69.6 Å². The molecular weight excluding hydrogens is 565 g/mol. The molecule has 4 aromatic rings. The SMILES string of the molecule is Clc1ccc(Oc2cccc(OOc3cccc(Oc4ccc(Cl)cc4Cl)c3Cl)c2Cl)c(Cl)c1. The van der Waals surface area contributed by atoms with E-state index in [1.165, 1.54) is 0 Å². The Hall–Kier alpha value is -2.18. The molecule has 0 aliphatic rings. The van der Waals surface area contributed by atoms with Gasteiger partial charge in [-0.3, -0.25) is 9.78 Å². The largest absolute Gasteiger partial charge is 0.454 e. The van der Waals surface area contributed by atoms with E-state index >= 15 is 0 Å². The minimum Gasteiger partial charge on any atom is -0.454 e. The topological polar surface area (TPSA) is 36.9 Å². The van der Waals surface area contributed by atoms with Crippen molar-refractivity contribution in [2.75, 3.05) is 0 Å². The molecule has 4 aromatic carbocycles. The zero-order valence-corrected chi connectivity index (χ0v) is 21.4. The van der Waals surface area contributed by atoms with Gasteiger partial charge in [0.15, 0.2) is 0 Å². The van der Waals surface area contributed by atoms with Gasteiger partial charge in [0.25, 0.3) is 0 Å². The highest BCUT2D eigenvalue weighted by Crippen LogP contribution is 2.41. The standard InChI is InChI=1S/C24H12Cl6O4/c25-13-7-9-17(15(27)11-13)31-19-3-1-5-21(23(19)29)33-34-22-6-2-4-20(24(22)30)32-18-10-8-14(26)12-16(18)28/h1-12H. The quantitative estimate of drug-likeness (QED) is 0.162. The van der Waals surface area contributed by atoms with Crippen molar-refractivity contribution in [2.45, 2.75) is 0 Å². The van der Waals surface area contributed by atoms with Gasteiger partial charge < -0.3 is 9.47 Å². The molecule has 34 heavy (non-hydrogen) atoms. The Kier molecular flexibility index (Phi) is 8.10. The zero-order chi connectivity index (χ0) is 24.2. The molecule has 0 atom stereocenters. The molecule has 4 nitrogen and oxygen atoms in total. The highest BCUT2D eigenvalue weighted by Gasteiger charge is 2.16. The van der Waals surface area contributed by atoms with Crippen LogP contribution in [0.25, 0.3) is 0 Å². The molecule has 0 bridgehead atoms. The second-order valence-electron chi connectivity index (χ2n) is 6.66. The van der Waals surface area contributed by atoms with Gasteiger partial charge in [0, 0.05) is 10.0 Å². The molecule has 4 rings (SSSR count). The Morgan fingerprint density at radius 2 is 0.794 bits per heavy atom. The average molecular weight is 577 g/mol. The van der Waals surface area contributed by atoms with Crippen LogP contribution in [0.2, 0.25) is 30.1 Å². The van der Waals surface area contributed by atoms with Crippen LogP contribution in [0.4, 0.5) is 0 Å². The van der Waals surface area contributed by atoms with Crippen LogP contribution < -0.4 is 19.2 Å². The van der Waals surface area contributed by atoms with Gasteiger partial charge in [0.1, 0.15) is 33.0 Å². The number of hydrogen-bond acceptors (Lipinski definition) is 4. The summed E-state index contributed by atoms with van der Waals surface area (Å²) in [6, 6.07) is 19.5. The van der Waals surface area contributed by atoms with Crippen molar-refractivity contribution in [1.29, 1.82) is 0 Å². The van der Waals surface area contributed by atoms with Crippen molar-refractivity contribution in [1.82, 2.24) is 0 Å². The minimum absolute atomic E-state index is 0.157. The fourth-order valence-corrected chi connectivity index (χ4v) is 4.00. The summed E-state index contributed by atoms with van der Waals surface area (Å²) in [6.07, 6.45) is 0. The lowest BCUT2D eigenvalue weighted by atomic mass is 10.3. The van der Waals surface area contributed by atoms with E-state index in [4.69, 9.17) is 88.9 Å². The van der Waals surface area contributed by atoms with Crippen LogP contribution in [0.5, 0.6) is 34.5 Å². The van der Waals surface area contributed by atoms with Crippen LogP contribution in [0, 0.1) is 0 Å². The van der Waals surface area contributed by atoms with Gasteiger partial charge >= 0.3 is 0 Å². The summed E-state index contributed by atoms with van der Waals surface area (Å²) in [5, 5.41) is 1.94. The highest BCUT2D eigenvalue weighted by atomic mass is 35.5. The third kappa shape index (κ3) is 5.89. The summed E-state index contributed by atoms with van der Waals surface area (Å²) < 4.78 is 11.6. The van der Waals surface area contributed by atoms with Crippen LogP contribution in [-0.2, 0) is 0 Å². The molecule has 0 heterocycles. The van der Waals surface area contributed by atoms with Gasteiger partial charge in [-0.2, -0.15) is 0 Å². The summed E-state index contributed by atoms with van der Waals surface area (Å²) >= 11 is 37.1. The van der Waals surface area contributed by atoms with Crippen LogP contribution in [0.1, 0.15) is 0 Å². The number of benzene rings is 4. The maximum Gasteiger partial charge on any atom is 0.200 e. The fourth-order valence-electron chi connectivity index (χ4n) is 2.71. The van der Waals surface area contributed by atoms with Gasteiger partial charge in [-0.15, -0.1) is 0 Å². The maximum absolute atomic E-state index is 6.43. The first-order valence-corrected chi connectivity index (χ1v) is 11.8. The molecule has 0 saturated carbocycles. The second-order valence-corrected chi connectivity index (χ2v) is 9.10. The van der Waals surface area contributed by atoms with E-state index in [1.807, 2.05) is 0 Å². The molecule has 0 aromatic heterocycles. The highest BCUT2D eigenvalue weighted by molar-refractivity contribution is 6.36. The normalized spacial score (nSPS) is 10.6. The van der Waals surface area contributed by atoms with E-state index in [0.29, 0.717) is 43.1 Å². The molecule has 0 fully saturated rings. The van der Waals surface area contributed by atoms with E-state index in [9.17, 15) is 0 Å². The maximum atomic E-state index is 6.43. The Balaban J connectivity index is 1.50. The lowest BCUT2D eigenvalue weighted by Crippen LogP contribution is -2.02. The van der Waals surface area contributed by atoms with Gasteiger partial charge in [-0.1, -0.05) is 81.7 Å². The first kappa shape index (κ1) is 24.9. The van der Waals surface area contributed by atoms with Gasteiger partial charge in [-0.05, 0) is 60.7 Å². The first-order valence-electron chi connectivity index (χ1n) is 9.49. The Morgan fingerprint density at radius 1 is 0.412 bits per heavy atom. The van der Waals surface area contributed by atoms with Crippen molar-refractivity contribution < 1.29 is 19.2 Å². The lowest BCUT2D eigenvalue weighted by molar-refractivity contribution is -0.0999. The van der Waals surface area contributed by atoms with Gasteiger partial charge in [0.2, 0.25) is 11.5 Å². The third-order valence-corrected chi connectivity index (χ3v) is 6.11. The molecule has 0 spiro atoms. The summed E-state index contributed by atoms with van der Waals surface area (Å²) in [5.41, 5.74) is 0. The molecular formula is C24H12Cl6O4. The van der Waals surface area contributed by atoms with Crippen LogP contribution in [0.3, 0.4) is 0 Å². The third-order valence-electron chi connectivity index (χ3n) is 4.30. The summed E-state index contributed by atoms with van der Waals surface area (Å²) in [4.78, 5) is 10.9. The molecule has 174 valence electrons. The number of rotatable bonds is 7. The smallest absolute Gasteiger partial charge is 0.200 e. The van der Waals surface area contributed by atoms with E-state index in [0.717, 1.165) is 0 Å². The molecule has 0 unspecified atom stereocenters. The molecule has 0 radical (unpaired) electrons. The summed E-state index contributed by atoms with van der Waals surface area (Å²) in [7, 11) is 0. The van der Waals surface area contributed by atoms with Crippen molar-refractivity contribution in [3.8, 4) is 34.5 Å². The fraction of sp³-hybridized carbons (Fsp3) is 0. The Labute approximate surface area is 225 Å². The molecule has 0 saturated heterocycles. The number of hydrogen-bond donors (Lipinski definition) is 0. The number of halogens is 6. The number of ether oxygens (including phenoxy) is 2. The second kappa shape index (κ2) is 11.0. The summed E-state index contributed by atoms with van der Waals surface area (Å²) in [6.45, 7) is 0. The monoisotopic (exact) mass is 574 g/mol. The Morgan fingerprint density at radius 3 is 1.18 bits per heavy atom. The first-order chi connectivity index (χ1) is 16.3. The average Bonchev–Trinajstić information content (AvgIpc) is 2.80. The van der Waals surface area contributed by atoms with Crippen LogP contribution in [0.15, 0.2) is 72.8 Å². The molecule has 10 heteroatoms.